The second-order valence-electron chi connectivity index (χ2n) is 7.91. The maximum absolute atomic E-state index is 13.4. The molecule has 180 valence electrons. The monoisotopic (exact) mass is 485 g/mol. The Morgan fingerprint density at radius 1 is 1.00 bits per heavy atom. The van der Waals surface area contributed by atoms with E-state index in [4.69, 9.17) is 4.74 Å². The van der Waals surface area contributed by atoms with Crippen LogP contribution in [0.1, 0.15) is 28.3 Å². The molecule has 0 radical (unpaired) electrons. The van der Waals surface area contributed by atoms with Crippen molar-refractivity contribution in [1.82, 2.24) is 4.90 Å². The van der Waals surface area contributed by atoms with Gasteiger partial charge in [-0.2, -0.15) is 13.2 Å². The number of benzene rings is 3. The molecule has 35 heavy (non-hydrogen) atoms. The van der Waals surface area contributed by atoms with Crippen LogP contribution in [0.4, 0.5) is 17.6 Å². The van der Waals surface area contributed by atoms with Gasteiger partial charge in [0.2, 0.25) is 0 Å². The lowest BCUT2D eigenvalue weighted by Crippen LogP contribution is -2.29. The molecule has 5 nitrogen and oxygen atoms in total. The molecule has 0 spiro atoms. The van der Waals surface area contributed by atoms with Crippen molar-refractivity contribution in [3.63, 3.8) is 0 Å². The van der Waals surface area contributed by atoms with Crippen LogP contribution in [0.15, 0.2) is 78.4 Å². The Morgan fingerprint density at radius 3 is 2.34 bits per heavy atom. The van der Waals surface area contributed by atoms with Gasteiger partial charge < -0.3 is 14.7 Å². The minimum Gasteiger partial charge on any atom is -0.507 e. The number of alkyl halides is 3. The molecule has 1 saturated heterocycles. The first-order valence-electron chi connectivity index (χ1n) is 10.4. The van der Waals surface area contributed by atoms with E-state index in [1.807, 2.05) is 0 Å². The summed E-state index contributed by atoms with van der Waals surface area (Å²) < 4.78 is 58.3. The van der Waals surface area contributed by atoms with Crippen molar-refractivity contribution in [2.75, 3.05) is 7.11 Å². The number of Topliss-reactive ketones (excluding diaryl/α,β-unsaturated/α-hetero) is 1. The van der Waals surface area contributed by atoms with Gasteiger partial charge in [0.25, 0.3) is 11.7 Å². The van der Waals surface area contributed by atoms with E-state index in [1.54, 1.807) is 24.3 Å². The molecule has 1 fully saturated rings. The molecule has 4 rings (SSSR count). The van der Waals surface area contributed by atoms with E-state index in [0.717, 1.165) is 29.2 Å². The highest BCUT2D eigenvalue weighted by molar-refractivity contribution is 6.46. The highest BCUT2D eigenvalue weighted by atomic mass is 19.4. The normalized spacial score (nSPS) is 17.6. The Morgan fingerprint density at radius 2 is 1.69 bits per heavy atom. The molecule has 1 unspecified atom stereocenters. The fourth-order valence-electron chi connectivity index (χ4n) is 4.01. The number of carbonyl (C=O) groups is 2. The number of aliphatic hydroxyl groups is 1. The number of aliphatic hydroxyl groups excluding tert-OH is 1. The second kappa shape index (κ2) is 9.25. The molecule has 3 aromatic rings. The molecule has 1 N–H and O–H groups in total. The molecule has 0 aliphatic carbocycles. The van der Waals surface area contributed by atoms with E-state index in [9.17, 15) is 32.3 Å². The van der Waals surface area contributed by atoms with Crippen LogP contribution in [0.5, 0.6) is 5.75 Å². The number of likely N-dealkylation sites (tertiary alicyclic amines) is 1. The zero-order chi connectivity index (χ0) is 25.3. The molecular weight excluding hydrogens is 466 g/mol. The second-order valence-corrected chi connectivity index (χ2v) is 7.91. The average Bonchev–Trinajstić information content (AvgIpc) is 3.08. The number of hydrogen-bond donors (Lipinski definition) is 1. The molecule has 0 aromatic heterocycles. The van der Waals surface area contributed by atoms with Crippen LogP contribution in [0.3, 0.4) is 0 Å². The van der Waals surface area contributed by atoms with Gasteiger partial charge in [0.1, 0.15) is 17.3 Å². The largest absolute Gasteiger partial charge is 0.507 e. The van der Waals surface area contributed by atoms with Gasteiger partial charge in [-0.05, 0) is 59.7 Å². The summed E-state index contributed by atoms with van der Waals surface area (Å²) in [7, 11) is 1.43. The standard InChI is InChI=1S/C26H19F4NO4/c1-35-20-7-3-5-17(13-20)22-21(23(32)16-8-10-19(27)11-9-16)24(33)25(34)31(22)14-15-4-2-6-18(12-15)26(28,29)30/h2-13,22,32H,14H2,1H3/b23-21+. The van der Waals surface area contributed by atoms with E-state index in [2.05, 4.69) is 0 Å². The van der Waals surface area contributed by atoms with Crippen LogP contribution in [-0.2, 0) is 22.3 Å². The van der Waals surface area contributed by atoms with E-state index in [0.29, 0.717) is 11.3 Å². The Kier molecular flexibility index (Phi) is 6.34. The lowest BCUT2D eigenvalue weighted by Gasteiger charge is -2.26. The number of methoxy groups -OCH3 is 1. The fraction of sp³-hybridized carbons (Fsp3) is 0.154. The summed E-state index contributed by atoms with van der Waals surface area (Å²) in [4.78, 5) is 27.2. The topological polar surface area (TPSA) is 66.8 Å². The van der Waals surface area contributed by atoms with Crippen molar-refractivity contribution in [3.8, 4) is 5.75 Å². The van der Waals surface area contributed by atoms with Crippen LogP contribution in [0.2, 0.25) is 0 Å². The molecule has 1 amide bonds. The van der Waals surface area contributed by atoms with Crippen LogP contribution in [0.25, 0.3) is 5.76 Å². The average molecular weight is 485 g/mol. The van der Waals surface area contributed by atoms with Crippen molar-refractivity contribution in [2.24, 2.45) is 0 Å². The van der Waals surface area contributed by atoms with Gasteiger partial charge in [0.05, 0.1) is 24.3 Å². The summed E-state index contributed by atoms with van der Waals surface area (Å²) in [6.07, 6.45) is -4.58. The lowest BCUT2D eigenvalue weighted by molar-refractivity contribution is -0.140. The number of nitrogens with zero attached hydrogens (tertiary/aromatic N) is 1. The molecule has 1 aliphatic rings. The number of carbonyl (C=O) groups excluding carboxylic acids is 2. The summed E-state index contributed by atoms with van der Waals surface area (Å²) >= 11 is 0. The Labute approximate surface area is 197 Å². The predicted molar refractivity (Wildman–Crippen MR) is 119 cm³/mol. The van der Waals surface area contributed by atoms with Gasteiger partial charge in [-0.25, -0.2) is 4.39 Å². The molecule has 0 bridgehead atoms. The summed E-state index contributed by atoms with van der Waals surface area (Å²) in [6, 6.07) is 14.5. The fourth-order valence-corrected chi connectivity index (χ4v) is 4.01. The molecule has 1 atom stereocenters. The zero-order valence-electron chi connectivity index (χ0n) is 18.3. The number of hydrogen-bond acceptors (Lipinski definition) is 4. The smallest absolute Gasteiger partial charge is 0.416 e. The van der Waals surface area contributed by atoms with Crippen molar-refractivity contribution in [1.29, 1.82) is 0 Å². The van der Waals surface area contributed by atoms with Crippen LogP contribution < -0.4 is 4.74 Å². The first kappa shape index (κ1) is 24.0. The van der Waals surface area contributed by atoms with Gasteiger partial charge in [0, 0.05) is 12.1 Å². The third-order valence-corrected chi connectivity index (χ3v) is 5.67. The summed E-state index contributed by atoms with van der Waals surface area (Å²) in [5.41, 5.74) is -0.496. The number of ether oxygens (including phenoxy) is 1. The predicted octanol–water partition coefficient (Wildman–Crippen LogP) is 5.48. The van der Waals surface area contributed by atoms with Gasteiger partial charge in [0.15, 0.2) is 0 Å². The third kappa shape index (κ3) is 4.75. The van der Waals surface area contributed by atoms with E-state index in [1.165, 1.54) is 31.4 Å². The number of ketones is 1. The maximum atomic E-state index is 13.4. The maximum Gasteiger partial charge on any atom is 0.416 e. The zero-order valence-corrected chi connectivity index (χ0v) is 18.3. The van der Waals surface area contributed by atoms with Crippen LogP contribution in [0, 0.1) is 5.82 Å². The van der Waals surface area contributed by atoms with Gasteiger partial charge in [-0.3, -0.25) is 9.59 Å². The summed E-state index contributed by atoms with van der Waals surface area (Å²) in [5, 5.41) is 11.0. The molecule has 3 aromatic carbocycles. The number of amides is 1. The number of rotatable bonds is 5. The van der Waals surface area contributed by atoms with Crippen molar-refractivity contribution >= 4 is 17.4 Å². The molecule has 9 heteroatoms. The Balaban J connectivity index is 1.85. The van der Waals surface area contributed by atoms with Crippen molar-refractivity contribution in [3.05, 3.63) is 106 Å². The highest BCUT2D eigenvalue weighted by Gasteiger charge is 2.46. The highest BCUT2D eigenvalue weighted by Crippen LogP contribution is 2.41. The SMILES string of the molecule is COc1cccc(C2/C(=C(\O)c3ccc(F)cc3)C(=O)C(=O)N2Cc2cccc(C(F)(F)F)c2)c1. The summed E-state index contributed by atoms with van der Waals surface area (Å²) in [6.45, 7) is -0.323. The van der Waals surface area contributed by atoms with Gasteiger partial charge >= 0.3 is 6.18 Å². The lowest BCUT2D eigenvalue weighted by atomic mass is 9.95. The number of halogens is 4. The molecule has 1 aliphatic heterocycles. The Hall–Kier alpha value is -4.14. The first-order valence-corrected chi connectivity index (χ1v) is 10.4. The third-order valence-electron chi connectivity index (χ3n) is 5.67. The van der Waals surface area contributed by atoms with E-state index >= 15 is 0 Å². The van der Waals surface area contributed by atoms with Gasteiger partial charge in [-0.15, -0.1) is 0 Å². The minimum absolute atomic E-state index is 0.108. The van der Waals surface area contributed by atoms with E-state index in [-0.39, 0.29) is 23.2 Å². The van der Waals surface area contributed by atoms with Crippen LogP contribution >= 0.6 is 0 Å². The first-order chi connectivity index (χ1) is 16.6. The van der Waals surface area contributed by atoms with Crippen LogP contribution in [-0.4, -0.2) is 28.8 Å². The molecular formula is C26H19F4NO4. The summed E-state index contributed by atoms with van der Waals surface area (Å²) in [5.74, 6) is -2.67. The Bertz CT molecular complexity index is 1320. The van der Waals surface area contributed by atoms with Gasteiger partial charge in [-0.1, -0.05) is 24.3 Å². The van der Waals surface area contributed by atoms with Crippen molar-refractivity contribution < 1.29 is 37.0 Å². The minimum atomic E-state index is -4.58. The quantitative estimate of drug-likeness (QED) is 0.225. The molecule has 0 saturated carbocycles. The molecule has 1 heterocycles. The van der Waals surface area contributed by atoms with Crippen molar-refractivity contribution in [2.45, 2.75) is 18.8 Å². The van der Waals surface area contributed by atoms with E-state index < -0.39 is 41.0 Å².